The van der Waals surface area contributed by atoms with Crippen molar-refractivity contribution in [3.63, 3.8) is 0 Å². The molecule has 0 saturated carbocycles. The van der Waals surface area contributed by atoms with Crippen LogP contribution in [0.4, 0.5) is 16.3 Å². The molecule has 3 amide bonds. The van der Waals surface area contributed by atoms with Crippen LogP contribution in [0.3, 0.4) is 0 Å². The van der Waals surface area contributed by atoms with Gasteiger partial charge in [-0.25, -0.2) is 9.48 Å². The summed E-state index contributed by atoms with van der Waals surface area (Å²) in [6, 6.07) is 25.3. The van der Waals surface area contributed by atoms with E-state index in [4.69, 9.17) is 5.10 Å². The molecule has 0 fully saturated rings. The number of carbonyl (C=O) groups excluding carboxylic acids is 2. The summed E-state index contributed by atoms with van der Waals surface area (Å²) in [7, 11) is 0. The Kier molecular flexibility index (Phi) is 8.58. The van der Waals surface area contributed by atoms with Gasteiger partial charge in [-0.1, -0.05) is 74.0 Å². The predicted octanol–water partition coefficient (Wildman–Crippen LogP) is 6.60. The lowest BCUT2D eigenvalue weighted by molar-refractivity contribution is -0.116. The van der Waals surface area contributed by atoms with Crippen molar-refractivity contribution in [2.45, 2.75) is 40.5 Å². The molecule has 4 aromatic rings. The second-order valence-electron chi connectivity index (χ2n) is 9.44. The van der Waals surface area contributed by atoms with Crippen molar-refractivity contribution in [1.82, 2.24) is 14.7 Å². The van der Waals surface area contributed by atoms with Gasteiger partial charge in [0.1, 0.15) is 12.4 Å². The fraction of sp³-hybridized carbons (Fsp3) is 0.258. The summed E-state index contributed by atoms with van der Waals surface area (Å²) >= 11 is 0. The summed E-state index contributed by atoms with van der Waals surface area (Å²) in [6.45, 7) is 8.50. The Morgan fingerprint density at radius 1 is 0.895 bits per heavy atom. The molecule has 1 aromatic heterocycles. The van der Waals surface area contributed by atoms with Crippen LogP contribution < -0.4 is 10.6 Å². The van der Waals surface area contributed by atoms with E-state index in [1.165, 1.54) is 4.90 Å². The molecule has 196 valence electrons. The first-order valence-corrected chi connectivity index (χ1v) is 13.1. The minimum absolute atomic E-state index is 0.0775. The Balaban J connectivity index is 1.57. The van der Waals surface area contributed by atoms with Gasteiger partial charge in [-0.15, -0.1) is 0 Å². The molecule has 0 bridgehead atoms. The number of aromatic nitrogens is 2. The van der Waals surface area contributed by atoms with Crippen molar-refractivity contribution >= 4 is 23.4 Å². The van der Waals surface area contributed by atoms with Gasteiger partial charge in [0.25, 0.3) is 0 Å². The van der Waals surface area contributed by atoms with E-state index in [1.54, 1.807) is 4.68 Å². The quantitative estimate of drug-likeness (QED) is 0.267. The largest absolute Gasteiger partial charge is 0.322 e. The first kappa shape index (κ1) is 26.7. The third-order valence-electron chi connectivity index (χ3n) is 6.33. The smallest absolute Gasteiger partial charge is 0.315 e. The highest BCUT2D eigenvalue weighted by atomic mass is 16.2. The molecule has 38 heavy (non-hydrogen) atoms. The number of benzene rings is 3. The van der Waals surface area contributed by atoms with Gasteiger partial charge in [0.2, 0.25) is 5.91 Å². The zero-order chi connectivity index (χ0) is 27.1. The molecule has 1 heterocycles. The summed E-state index contributed by atoms with van der Waals surface area (Å²) in [5.41, 5.74) is 6.63. The second-order valence-corrected chi connectivity index (χ2v) is 9.44. The molecule has 4 rings (SSSR count). The van der Waals surface area contributed by atoms with E-state index >= 15 is 0 Å². The van der Waals surface area contributed by atoms with Crippen LogP contribution in [0.2, 0.25) is 0 Å². The normalized spacial score (nSPS) is 10.7. The van der Waals surface area contributed by atoms with Crippen molar-refractivity contribution < 1.29 is 9.59 Å². The van der Waals surface area contributed by atoms with Crippen LogP contribution in [0.15, 0.2) is 78.9 Å². The highest BCUT2D eigenvalue weighted by Gasteiger charge is 2.20. The Hall–Kier alpha value is -4.39. The summed E-state index contributed by atoms with van der Waals surface area (Å²) in [5, 5.41) is 10.8. The fourth-order valence-electron chi connectivity index (χ4n) is 4.40. The highest BCUT2D eigenvalue weighted by Crippen LogP contribution is 2.26. The molecular formula is C31H35N5O2. The van der Waals surface area contributed by atoms with Crippen LogP contribution in [0, 0.1) is 13.8 Å². The minimum Gasteiger partial charge on any atom is -0.315 e. The number of rotatable bonds is 9. The molecule has 0 saturated heterocycles. The molecule has 2 N–H and O–H groups in total. The maximum Gasteiger partial charge on any atom is 0.322 e. The summed E-state index contributed by atoms with van der Waals surface area (Å²) in [6.07, 6.45) is 1.61. The van der Waals surface area contributed by atoms with Gasteiger partial charge in [0.15, 0.2) is 0 Å². The molecule has 7 heteroatoms. The van der Waals surface area contributed by atoms with Gasteiger partial charge in [-0.3, -0.25) is 4.79 Å². The number of hydrogen-bond acceptors (Lipinski definition) is 3. The van der Waals surface area contributed by atoms with Crippen LogP contribution in [-0.2, 0) is 11.2 Å². The Bertz CT molecular complexity index is 1410. The first-order valence-electron chi connectivity index (χ1n) is 13.1. The average Bonchev–Trinajstić information content (AvgIpc) is 3.32. The predicted molar refractivity (Wildman–Crippen MR) is 154 cm³/mol. The van der Waals surface area contributed by atoms with Crippen molar-refractivity contribution in [3.05, 3.63) is 95.6 Å². The van der Waals surface area contributed by atoms with Crippen LogP contribution in [0.1, 0.15) is 37.0 Å². The average molecular weight is 510 g/mol. The number of aryl methyl sites for hydroxylation is 3. The molecule has 0 aliphatic carbocycles. The lowest BCUT2D eigenvalue weighted by atomic mass is 10.1. The summed E-state index contributed by atoms with van der Waals surface area (Å²) in [5.74, 6) is 0.259. The van der Waals surface area contributed by atoms with E-state index in [9.17, 15) is 9.59 Å². The highest BCUT2D eigenvalue weighted by molar-refractivity contribution is 5.97. The third-order valence-corrected chi connectivity index (χ3v) is 6.33. The summed E-state index contributed by atoms with van der Waals surface area (Å²) in [4.78, 5) is 27.8. The molecule has 3 aromatic carbocycles. The molecule has 0 unspecified atom stereocenters. The molecule has 0 spiro atoms. The van der Waals surface area contributed by atoms with Crippen LogP contribution >= 0.6 is 0 Å². The van der Waals surface area contributed by atoms with E-state index in [0.29, 0.717) is 12.4 Å². The molecule has 0 radical (unpaired) electrons. The topological polar surface area (TPSA) is 79.3 Å². The number of nitrogens with one attached hydrogen (secondary N) is 2. The fourth-order valence-corrected chi connectivity index (χ4v) is 4.40. The van der Waals surface area contributed by atoms with E-state index in [2.05, 4.69) is 23.6 Å². The lowest BCUT2D eigenvalue weighted by Gasteiger charge is -2.22. The Labute approximate surface area is 224 Å². The second kappa shape index (κ2) is 12.2. The third kappa shape index (κ3) is 6.48. The summed E-state index contributed by atoms with van der Waals surface area (Å²) < 4.78 is 1.76. The zero-order valence-corrected chi connectivity index (χ0v) is 22.5. The van der Waals surface area contributed by atoms with Gasteiger partial charge in [0, 0.05) is 23.9 Å². The van der Waals surface area contributed by atoms with Crippen molar-refractivity contribution in [2.75, 3.05) is 23.7 Å². The number of carbonyl (C=O) groups is 2. The van der Waals surface area contributed by atoms with Crippen LogP contribution in [0.25, 0.3) is 16.9 Å². The van der Waals surface area contributed by atoms with Crippen molar-refractivity contribution in [1.29, 1.82) is 0 Å². The van der Waals surface area contributed by atoms with Gasteiger partial charge in [0.05, 0.1) is 11.4 Å². The van der Waals surface area contributed by atoms with Gasteiger partial charge in [-0.2, -0.15) is 5.10 Å². The van der Waals surface area contributed by atoms with Gasteiger partial charge in [-0.05, 0) is 56.0 Å². The zero-order valence-electron chi connectivity index (χ0n) is 22.5. The lowest BCUT2D eigenvalue weighted by Crippen LogP contribution is -2.41. The van der Waals surface area contributed by atoms with E-state index in [1.807, 2.05) is 93.6 Å². The van der Waals surface area contributed by atoms with Crippen LogP contribution in [-0.4, -0.2) is 39.7 Å². The standard InChI is InChI=1S/C31H35N5O2/c1-5-17-35(31(38)32-26-14-10-11-24(6-2)19-26)21-30(37)33-29-20-27(25-12-8-7-9-13-25)34-36(29)28-16-15-22(3)18-23(28)4/h7-16,18-20H,5-6,17,21H2,1-4H3,(H,32,38)(H,33,37). The number of amides is 3. The molecular weight excluding hydrogens is 474 g/mol. The van der Waals surface area contributed by atoms with Gasteiger partial charge >= 0.3 is 6.03 Å². The molecule has 0 atom stereocenters. The number of nitrogens with zero attached hydrogens (tertiary/aromatic N) is 3. The molecule has 7 nitrogen and oxygen atoms in total. The number of hydrogen-bond donors (Lipinski definition) is 2. The Morgan fingerprint density at radius 2 is 1.68 bits per heavy atom. The van der Waals surface area contributed by atoms with E-state index in [-0.39, 0.29) is 18.5 Å². The maximum absolute atomic E-state index is 13.2. The monoisotopic (exact) mass is 509 g/mol. The molecule has 0 aliphatic heterocycles. The Morgan fingerprint density at radius 3 is 2.39 bits per heavy atom. The van der Waals surface area contributed by atoms with E-state index in [0.717, 1.165) is 52.2 Å². The van der Waals surface area contributed by atoms with Crippen molar-refractivity contribution in [2.24, 2.45) is 0 Å². The van der Waals surface area contributed by atoms with Crippen LogP contribution in [0.5, 0.6) is 0 Å². The first-order chi connectivity index (χ1) is 18.4. The number of anilines is 2. The maximum atomic E-state index is 13.2. The minimum atomic E-state index is -0.303. The van der Waals surface area contributed by atoms with E-state index < -0.39 is 0 Å². The van der Waals surface area contributed by atoms with Gasteiger partial charge < -0.3 is 15.5 Å². The molecule has 0 aliphatic rings. The number of urea groups is 1. The SMILES string of the molecule is CCCN(CC(=O)Nc1cc(-c2ccccc2)nn1-c1ccc(C)cc1C)C(=O)Nc1cccc(CC)c1. The van der Waals surface area contributed by atoms with Crippen molar-refractivity contribution in [3.8, 4) is 16.9 Å².